The number of hydrogen-bond acceptors (Lipinski definition) is 3. The van der Waals surface area contributed by atoms with E-state index in [-0.39, 0.29) is 11.6 Å². The molecule has 1 fully saturated rings. The molecule has 100 valence electrons. The van der Waals surface area contributed by atoms with Crippen LogP contribution in [-0.2, 0) is 0 Å². The lowest BCUT2D eigenvalue weighted by molar-refractivity contribution is 0.348. The van der Waals surface area contributed by atoms with E-state index in [0.717, 1.165) is 6.42 Å². The van der Waals surface area contributed by atoms with Crippen molar-refractivity contribution in [2.75, 3.05) is 5.32 Å². The Labute approximate surface area is 108 Å². The number of nitrogens with one attached hydrogen (secondary N) is 1. The quantitative estimate of drug-likeness (QED) is 0.896. The van der Waals surface area contributed by atoms with Gasteiger partial charge in [-0.15, -0.1) is 0 Å². The van der Waals surface area contributed by atoms with Crippen molar-refractivity contribution in [3.63, 3.8) is 0 Å². The third kappa shape index (κ3) is 2.74. The summed E-state index contributed by atoms with van der Waals surface area (Å²) in [4.78, 5) is 16.4. The third-order valence-corrected chi connectivity index (χ3v) is 3.86. The molecule has 1 aromatic heterocycles. The predicted octanol–water partition coefficient (Wildman–Crippen LogP) is 2.81. The molecule has 0 aliphatic heterocycles. The second kappa shape index (κ2) is 5.55. The van der Waals surface area contributed by atoms with Gasteiger partial charge in [0, 0.05) is 24.5 Å². The van der Waals surface area contributed by atoms with Gasteiger partial charge in [-0.3, -0.25) is 4.79 Å². The highest BCUT2D eigenvalue weighted by Crippen LogP contribution is 2.25. The second-order valence-electron chi connectivity index (χ2n) is 5.59. The van der Waals surface area contributed by atoms with Crippen molar-refractivity contribution in [3.05, 3.63) is 22.7 Å². The minimum Gasteiger partial charge on any atom is -0.362 e. The van der Waals surface area contributed by atoms with Gasteiger partial charge in [-0.05, 0) is 32.6 Å². The average molecular weight is 249 g/mol. The fraction of sp³-hybridized carbons (Fsp3) is 0.714. The summed E-state index contributed by atoms with van der Waals surface area (Å²) in [5.74, 6) is 1.12. The lowest BCUT2D eigenvalue weighted by Crippen LogP contribution is -2.35. The topological polar surface area (TPSA) is 46.9 Å². The molecular weight excluding hydrogens is 226 g/mol. The van der Waals surface area contributed by atoms with Crippen LogP contribution in [0.3, 0.4) is 0 Å². The standard InChI is InChI=1S/C14H23N3O/c1-10(2)17-9-8-15-13(14(17)18)16-12-7-5-4-6-11(12)3/h8-12H,4-7H2,1-3H3,(H,15,16). The zero-order valence-electron chi connectivity index (χ0n) is 11.5. The minimum absolute atomic E-state index is 0.00901. The molecule has 1 aliphatic carbocycles. The first-order valence-corrected chi connectivity index (χ1v) is 6.93. The molecule has 0 spiro atoms. The Morgan fingerprint density at radius 3 is 2.78 bits per heavy atom. The maximum Gasteiger partial charge on any atom is 0.293 e. The fourth-order valence-corrected chi connectivity index (χ4v) is 2.64. The Kier molecular flexibility index (Phi) is 4.04. The van der Waals surface area contributed by atoms with Gasteiger partial charge in [-0.25, -0.2) is 4.98 Å². The predicted molar refractivity (Wildman–Crippen MR) is 73.9 cm³/mol. The van der Waals surface area contributed by atoms with Gasteiger partial charge >= 0.3 is 0 Å². The Bertz CT molecular complexity index is 453. The Balaban J connectivity index is 2.18. The van der Waals surface area contributed by atoms with Crippen LogP contribution in [0.2, 0.25) is 0 Å². The van der Waals surface area contributed by atoms with E-state index in [1.165, 1.54) is 19.3 Å². The van der Waals surface area contributed by atoms with Gasteiger partial charge in [0.1, 0.15) is 0 Å². The zero-order valence-corrected chi connectivity index (χ0v) is 11.5. The van der Waals surface area contributed by atoms with Gasteiger partial charge in [0.15, 0.2) is 5.82 Å². The summed E-state index contributed by atoms with van der Waals surface area (Å²) < 4.78 is 1.73. The number of aromatic nitrogens is 2. The molecule has 1 aromatic rings. The average Bonchev–Trinajstić information content (AvgIpc) is 2.34. The lowest BCUT2D eigenvalue weighted by atomic mass is 9.86. The van der Waals surface area contributed by atoms with Crippen LogP contribution in [-0.4, -0.2) is 15.6 Å². The molecule has 1 aliphatic rings. The van der Waals surface area contributed by atoms with Crippen molar-refractivity contribution in [3.8, 4) is 0 Å². The highest BCUT2D eigenvalue weighted by atomic mass is 16.1. The first kappa shape index (κ1) is 13.1. The maximum absolute atomic E-state index is 12.2. The van der Waals surface area contributed by atoms with Crippen molar-refractivity contribution in [1.29, 1.82) is 0 Å². The van der Waals surface area contributed by atoms with Crippen molar-refractivity contribution < 1.29 is 0 Å². The van der Waals surface area contributed by atoms with Crippen LogP contribution in [0.5, 0.6) is 0 Å². The first-order valence-electron chi connectivity index (χ1n) is 6.93. The van der Waals surface area contributed by atoms with Gasteiger partial charge in [0.05, 0.1) is 0 Å². The van der Waals surface area contributed by atoms with Crippen molar-refractivity contribution in [2.24, 2.45) is 5.92 Å². The molecule has 2 unspecified atom stereocenters. The summed E-state index contributed by atoms with van der Waals surface area (Å²) in [6.45, 7) is 6.27. The zero-order chi connectivity index (χ0) is 13.1. The summed E-state index contributed by atoms with van der Waals surface area (Å²) >= 11 is 0. The van der Waals surface area contributed by atoms with Crippen LogP contribution in [0.4, 0.5) is 5.82 Å². The van der Waals surface area contributed by atoms with Gasteiger partial charge in [0.2, 0.25) is 0 Å². The Morgan fingerprint density at radius 1 is 1.39 bits per heavy atom. The Hall–Kier alpha value is -1.32. The Morgan fingerprint density at radius 2 is 2.11 bits per heavy atom. The summed E-state index contributed by atoms with van der Waals surface area (Å²) in [6.07, 6.45) is 8.38. The van der Waals surface area contributed by atoms with Crippen molar-refractivity contribution >= 4 is 5.82 Å². The first-order chi connectivity index (χ1) is 8.59. The van der Waals surface area contributed by atoms with E-state index in [0.29, 0.717) is 17.8 Å². The molecule has 4 heteroatoms. The molecule has 1 saturated carbocycles. The number of anilines is 1. The highest BCUT2D eigenvalue weighted by molar-refractivity contribution is 5.32. The summed E-state index contributed by atoms with van der Waals surface area (Å²) in [7, 11) is 0. The molecule has 4 nitrogen and oxygen atoms in total. The molecule has 2 rings (SSSR count). The summed E-state index contributed by atoms with van der Waals surface area (Å²) in [6, 6.07) is 0.562. The van der Waals surface area contributed by atoms with Crippen LogP contribution < -0.4 is 10.9 Å². The minimum atomic E-state index is -0.00901. The van der Waals surface area contributed by atoms with Gasteiger partial charge in [-0.2, -0.15) is 0 Å². The van der Waals surface area contributed by atoms with Gasteiger partial charge in [0.25, 0.3) is 5.56 Å². The number of hydrogen-bond donors (Lipinski definition) is 1. The molecule has 0 saturated heterocycles. The molecule has 0 amide bonds. The van der Waals surface area contributed by atoms with E-state index in [2.05, 4.69) is 17.2 Å². The van der Waals surface area contributed by atoms with Gasteiger partial charge in [-0.1, -0.05) is 19.8 Å². The molecule has 0 radical (unpaired) electrons. The molecule has 0 bridgehead atoms. The third-order valence-electron chi connectivity index (χ3n) is 3.86. The largest absolute Gasteiger partial charge is 0.362 e. The normalized spacial score (nSPS) is 24.2. The smallest absolute Gasteiger partial charge is 0.293 e. The van der Waals surface area contributed by atoms with Crippen molar-refractivity contribution in [1.82, 2.24) is 9.55 Å². The van der Waals surface area contributed by atoms with Crippen LogP contribution in [0.1, 0.15) is 52.5 Å². The van der Waals surface area contributed by atoms with E-state index in [4.69, 9.17) is 0 Å². The van der Waals surface area contributed by atoms with Crippen LogP contribution in [0.25, 0.3) is 0 Å². The monoisotopic (exact) mass is 249 g/mol. The molecule has 2 atom stereocenters. The fourth-order valence-electron chi connectivity index (χ4n) is 2.64. The maximum atomic E-state index is 12.2. The molecule has 18 heavy (non-hydrogen) atoms. The number of nitrogens with zero attached hydrogens (tertiary/aromatic N) is 2. The van der Waals surface area contributed by atoms with E-state index in [1.54, 1.807) is 17.0 Å². The van der Waals surface area contributed by atoms with Crippen LogP contribution in [0, 0.1) is 5.92 Å². The number of rotatable bonds is 3. The van der Waals surface area contributed by atoms with E-state index in [1.807, 2.05) is 13.8 Å². The summed E-state index contributed by atoms with van der Waals surface area (Å²) in [5, 5.41) is 3.35. The molecule has 0 aromatic carbocycles. The summed E-state index contributed by atoms with van der Waals surface area (Å²) in [5.41, 5.74) is -0.00901. The van der Waals surface area contributed by atoms with E-state index in [9.17, 15) is 4.79 Å². The van der Waals surface area contributed by atoms with Crippen LogP contribution in [0.15, 0.2) is 17.2 Å². The van der Waals surface area contributed by atoms with E-state index < -0.39 is 0 Å². The van der Waals surface area contributed by atoms with Crippen LogP contribution >= 0.6 is 0 Å². The molecular formula is C14H23N3O. The molecule has 1 N–H and O–H groups in total. The van der Waals surface area contributed by atoms with Gasteiger partial charge < -0.3 is 9.88 Å². The lowest BCUT2D eigenvalue weighted by Gasteiger charge is -2.29. The molecule has 1 heterocycles. The van der Waals surface area contributed by atoms with Crippen molar-refractivity contribution in [2.45, 2.75) is 58.5 Å². The second-order valence-corrected chi connectivity index (χ2v) is 5.59. The SMILES string of the molecule is CC1CCCCC1Nc1nccn(C(C)C)c1=O. The van der Waals surface area contributed by atoms with E-state index >= 15 is 0 Å². The highest BCUT2D eigenvalue weighted by Gasteiger charge is 2.22.